The van der Waals surface area contributed by atoms with Gasteiger partial charge in [0.25, 0.3) is 0 Å². The Labute approximate surface area is 80.7 Å². The van der Waals surface area contributed by atoms with Crippen LogP contribution in [0.25, 0.3) is 0 Å². The summed E-state index contributed by atoms with van der Waals surface area (Å²) in [6.07, 6.45) is 8.80. The first-order valence-corrected chi connectivity index (χ1v) is 5.78. The van der Waals surface area contributed by atoms with Gasteiger partial charge in [-0.05, 0) is 31.7 Å². The van der Waals surface area contributed by atoms with Crippen molar-refractivity contribution in [2.45, 2.75) is 57.1 Å². The highest BCUT2D eigenvalue weighted by atomic mass is 16.3. The lowest BCUT2D eigenvalue weighted by atomic mass is 9.92. The van der Waals surface area contributed by atoms with Crippen LogP contribution >= 0.6 is 0 Å². The fourth-order valence-electron chi connectivity index (χ4n) is 2.23. The molecule has 0 bridgehead atoms. The minimum atomic E-state index is -0.0760. The van der Waals surface area contributed by atoms with Gasteiger partial charge in [-0.15, -0.1) is 0 Å². The molecule has 2 saturated carbocycles. The van der Waals surface area contributed by atoms with Gasteiger partial charge in [0.2, 0.25) is 0 Å². The van der Waals surface area contributed by atoms with Crippen LogP contribution in [0.4, 0.5) is 0 Å². The summed E-state index contributed by atoms with van der Waals surface area (Å²) in [4.78, 5) is 0. The van der Waals surface area contributed by atoms with Crippen LogP contribution in [0.5, 0.6) is 0 Å². The van der Waals surface area contributed by atoms with Gasteiger partial charge in [-0.3, -0.25) is 0 Å². The van der Waals surface area contributed by atoms with E-state index in [-0.39, 0.29) is 6.10 Å². The summed E-state index contributed by atoms with van der Waals surface area (Å²) in [5.41, 5.74) is 0. The first kappa shape index (κ1) is 9.47. The van der Waals surface area contributed by atoms with Crippen molar-refractivity contribution in [1.82, 2.24) is 5.32 Å². The normalized spacial score (nSPS) is 34.8. The number of aliphatic hydroxyl groups excluding tert-OH is 1. The number of hydrogen-bond donors (Lipinski definition) is 2. The first-order valence-electron chi connectivity index (χ1n) is 5.78. The average molecular weight is 183 g/mol. The summed E-state index contributed by atoms with van der Waals surface area (Å²) < 4.78 is 0. The summed E-state index contributed by atoms with van der Waals surface area (Å²) in [6, 6.07) is 0.396. The van der Waals surface area contributed by atoms with Crippen molar-refractivity contribution < 1.29 is 5.11 Å². The van der Waals surface area contributed by atoms with Gasteiger partial charge in [-0.1, -0.05) is 25.7 Å². The van der Waals surface area contributed by atoms with Crippen LogP contribution in [0, 0.1) is 5.92 Å². The smallest absolute Gasteiger partial charge is 0.0693 e. The molecule has 0 spiro atoms. The molecule has 0 aromatic rings. The highest BCUT2D eigenvalue weighted by Gasteiger charge is 2.24. The predicted molar refractivity (Wildman–Crippen MR) is 53.6 cm³/mol. The van der Waals surface area contributed by atoms with Crippen LogP contribution in [-0.4, -0.2) is 23.8 Å². The molecule has 2 aliphatic rings. The van der Waals surface area contributed by atoms with E-state index in [0.29, 0.717) is 6.04 Å². The van der Waals surface area contributed by atoms with E-state index in [1.165, 1.54) is 38.5 Å². The van der Waals surface area contributed by atoms with Gasteiger partial charge >= 0.3 is 0 Å². The number of nitrogens with one attached hydrogen (secondary N) is 1. The lowest BCUT2D eigenvalue weighted by molar-refractivity contribution is 0.0908. The van der Waals surface area contributed by atoms with Crippen molar-refractivity contribution in [3.63, 3.8) is 0 Å². The molecule has 2 rings (SSSR count). The largest absolute Gasteiger partial charge is 0.392 e. The maximum Gasteiger partial charge on any atom is 0.0693 e. The maximum absolute atomic E-state index is 9.69. The van der Waals surface area contributed by atoms with Crippen molar-refractivity contribution in [3.8, 4) is 0 Å². The van der Waals surface area contributed by atoms with Gasteiger partial charge < -0.3 is 10.4 Å². The summed E-state index contributed by atoms with van der Waals surface area (Å²) >= 11 is 0. The van der Waals surface area contributed by atoms with Crippen LogP contribution < -0.4 is 5.32 Å². The van der Waals surface area contributed by atoms with Gasteiger partial charge in [0.05, 0.1) is 6.10 Å². The Balaban J connectivity index is 1.60. The van der Waals surface area contributed by atoms with Gasteiger partial charge in [0.1, 0.15) is 0 Å². The third kappa shape index (κ3) is 2.96. The summed E-state index contributed by atoms with van der Waals surface area (Å²) in [6.45, 7) is 1.12. The molecule has 0 radical (unpaired) electrons. The van der Waals surface area contributed by atoms with E-state index in [1.54, 1.807) is 0 Å². The quantitative estimate of drug-likeness (QED) is 0.695. The number of hydrogen-bond acceptors (Lipinski definition) is 2. The zero-order valence-corrected chi connectivity index (χ0v) is 8.34. The van der Waals surface area contributed by atoms with E-state index in [0.717, 1.165) is 18.9 Å². The van der Waals surface area contributed by atoms with Crippen LogP contribution in [0.15, 0.2) is 0 Å². The molecule has 13 heavy (non-hydrogen) atoms. The Morgan fingerprint density at radius 1 is 1.08 bits per heavy atom. The lowest BCUT2D eigenvalue weighted by Crippen LogP contribution is -2.42. The van der Waals surface area contributed by atoms with Gasteiger partial charge in [-0.2, -0.15) is 0 Å². The Kier molecular flexibility index (Phi) is 3.23. The summed E-state index contributed by atoms with van der Waals surface area (Å²) in [5.74, 6) is 1.01. The SMILES string of the molecule is O[C@H]1CCCC[C@@H]1NCCC1CC1. The molecule has 0 amide bonds. The van der Waals surface area contributed by atoms with E-state index >= 15 is 0 Å². The minimum Gasteiger partial charge on any atom is -0.392 e. The monoisotopic (exact) mass is 183 g/mol. The topological polar surface area (TPSA) is 32.3 Å². The molecule has 0 heterocycles. The molecule has 2 heteroatoms. The second-order valence-corrected chi connectivity index (χ2v) is 4.64. The second-order valence-electron chi connectivity index (χ2n) is 4.64. The maximum atomic E-state index is 9.69. The molecule has 0 aromatic heterocycles. The highest BCUT2D eigenvalue weighted by molar-refractivity contribution is 4.81. The summed E-state index contributed by atoms with van der Waals surface area (Å²) in [5, 5.41) is 13.2. The van der Waals surface area contributed by atoms with E-state index < -0.39 is 0 Å². The Morgan fingerprint density at radius 2 is 1.85 bits per heavy atom. The van der Waals surface area contributed by atoms with Crippen molar-refractivity contribution in [2.75, 3.05) is 6.54 Å². The zero-order valence-electron chi connectivity index (χ0n) is 8.34. The van der Waals surface area contributed by atoms with Crippen molar-refractivity contribution in [2.24, 2.45) is 5.92 Å². The number of aliphatic hydroxyl groups is 1. The molecular formula is C11H21NO. The molecule has 76 valence electrons. The van der Waals surface area contributed by atoms with Gasteiger partial charge in [0, 0.05) is 6.04 Å². The third-order valence-corrected chi connectivity index (χ3v) is 3.39. The van der Waals surface area contributed by atoms with E-state index in [4.69, 9.17) is 0 Å². The molecule has 0 aromatic carbocycles. The Bertz CT molecular complexity index is 156. The molecule has 0 aliphatic heterocycles. The molecular weight excluding hydrogens is 162 g/mol. The van der Waals surface area contributed by atoms with E-state index in [1.807, 2.05) is 0 Å². The van der Waals surface area contributed by atoms with Crippen molar-refractivity contribution in [1.29, 1.82) is 0 Å². The molecule has 0 saturated heterocycles. The average Bonchev–Trinajstić information content (AvgIpc) is 2.92. The third-order valence-electron chi connectivity index (χ3n) is 3.39. The fraction of sp³-hybridized carbons (Fsp3) is 1.00. The lowest BCUT2D eigenvalue weighted by Gasteiger charge is -2.28. The van der Waals surface area contributed by atoms with Gasteiger partial charge in [0.15, 0.2) is 0 Å². The Morgan fingerprint density at radius 3 is 2.54 bits per heavy atom. The van der Waals surface area contributed by atoms with Crippen molar-refractivity contribution >= 4 is 0 Å². The number of rotatable bonds is 4. The van der Waals surface area contributed by atoms with Crippen LogP contribution in [-0.2, 0) is 0 Å². The molecule has 0 unspecified atom stereocenters. The minimum absolute atomic E-state index is 0.0760. The molecule has 2 aliphatic carbocycles. The Hall–Kier alpha value is -0.0800. The first-order chi connectivity index (χ1) is 6.36. The van der Waals surface area contributed by atoms with Crippen LogP contribution in [0.1, 0.15) is 44.9 Å². The molecule has 2 N–H and O–H groups in total. The fourth-order valence-corrected chi connectivity index (χ4v) is 2.23. The molecule has 2 atom stereocenters. The standard InChI is InChI=1S/C11H21NO/c13-11-4-2-1-3-10(11)12-8-7-9-5-6-9/h9-13H,1-8H2/t10-,11-/m0/s1. The van der Waals surface area contributed by atoms with Crippen molar-refractivity contribution in [3.05, 3.63) is 0 Å². The highest BCUT2D eigenvalue weighted by Crippen LogP contribution is 2.31. The predicted octanol–water partition coefficient (Wildman–Crippen LogP) is 1.68. The zero-order chi connectivity index (χ0) is 9.10. The molecule has 2 nitrogen and oxygen atoms in total. The second kappa shape index (κ2) is 4.43. The van der Waals surface area contributed by atoms with E-state index in [9.17, 15) is 5.11 Å². The molecule has 2 fully saturated rings. The summed E-state index contributed by atoms with van der Waals surface area (Å²) in [7, 11) is 0. The van der Waals surface area contributed by atoms with Crippen LogP contribution in [0.2, 0.25) is 0 Å². The van der Waals surface area contributed by atoms with Gasteiger partial charge in [-0.25, -0.2) is 0 Å². The van der Waals surface area contributed by atoms with Crippen LogP contribution in [0.3, 0.4) is 0 Å². The van der Waals surface area contributed by atoms with E-state index in [2.05, 4.69) is 5.32 Å².